The summed E-state index contributed by atoms with van der Waals surface area (Å²) in [6, 6.07) is 0.0817. The smallest absolute Gasteiger partial charge is 0.305 e. The molecule has 0 unspecified atom stereocenters. The molecule has 2 rings (SSSR count). The number of ether oxygens (including phenoxy) is 2. The van der Waals surface area contributed by atoms with Crippen molar-refractivity contribution in [3.63, 3.8) is 0 Å². The highest BCUT2D eigenvalue weighted by Gasteiger charge is 2.41. The summed E-state index contributed by atoms with van der Waals surface area (Å²) < 4.78 is 11.5. The van der Waals surface area contributed by atoms with Gasteiger partial charge < -0.3 is 39.7 Å². The maximum atomic E-state index is 10.7. The lowest BCUT2D eigenvalue weighted by Gasteiger charge is -2.43. The van der Waals surface area contributed by atoms with Crippen LogP contribution in [-0.2, 0) is 14.3 Å². The first-order valence-electron chi connectivity index (χ1n) is 12.1. The van der Waals surface area contributed by atoms with E-state index in [2.05, 4.69) is 13.8 Å². The highest BCUT2D eigenvalue weighted by Crippen LogP contribution is 2.30. The summed E-state index contributed by atoms with van der Waals surface area (Å²) in [6.45, 7) is 8.21. The van der Waals surface area contributed by atoms with Gasteiger partial charge in [0.15, 0.2) is 0 Å². The third-order valence-electron chi connectivity index (χ3n) is 6.66. The summed E-state index contributed by atoms with van der Waals surface area (Å²) in [4.78, 5) is 14.7. The molecular weight excluding hydrogens is 428 g/mol. The van der Waals surface area contributed by atoms with Gasteiger partial charge in [0.25, 0.3) is 0 Å². The summed E-state index contributed by atoms with van der Waals surface area (Å²) in [5.41, 5.74) is 0. The molecule has 8 atom stereocenters. The summed E-state index contributed by atoms with van der Waals surface area (Å²) in [6.07, 6.45) is 0.337. The molecular formula is C24H48N2O7. The highest BCUT2D eigenvalue weighted by atomic mass is 16.5. The maximum Gasteiger partial charge on any atom is 0.305 e. The van der Waals surface area contributed by atoms with Crippen LogP contribution in [0.15, 0.2) is 0 Å². The van der Waals surface area contributed by atoms with Gasteiger partial charge in [0.1, 0.15) is 0 Å². The van der Waals surface area contributed by atoms with Gasteiger partial charge in [-0.3, -0.25) is 4.79 Å². The molecule has 33 heavy (non-hydrogen) atoms. The molecule has 196 valence electrons. The van der Waals surface area contributed by atoms with E-state index in [9.17, 15) is 15.0 Å². The van der Waals surface area contributed by atoms with Crippen LogP contribution in [0.2, 0.25) is 0 Å². The Kier molecular flexibility index (Phi) is 12.7. The van der Waals surface area contributed by atoms with Crippen LogP contribution >= 0.6 is 0 Å². The summed E-state index contributed by atoms with van der Waals surface area (Å²) in [7, 11) is 7.75. The Bertz CT molecular complexity index is 537. The second-order valence-corrected chi connectivity index (χ2v) is 10.6. The van der Waals surface area contributed by atoms with Crippen LogP contribution in [-0.4, -0.2) is 120 Å². The van der Waals surface area contributed by atoms with Gasteiger partial charge in [-0.25, -0.2) is 0 Å². The normalized spacial score (nSPS) is 35.1. The first kappa shape index (κ1) is 30.2. The maximum absolute atomic E-state index is 10.7. The lowest BCUT2D eigenvalue weighted by atomic mass is 9.88. The third-order valence-corrected chi connectivity index (χ3v) is 6.66. The minimum Gasteiger partial charge on any atom is -0.481 e. The molecule has 0 bridgehead atoms. The van der Waals surface area contributed by atoms with E-state index in [4.69, 9.17) is 19.7 Å². The van der Waals surface area contributed by atoms with Crippen molar-refractivity contribution in [1.82, 2.24) is 9.80 Å². The Labute approximate surface area is 199 Å². The quantitative estimate of drug-likeness (QED) is 0.407. The number of aliphatic carboxylic acids is 1. The second-order valence-electron chi connectivity index (χ2n) is 10.6. The van der Waals surface area contributed by atoms with Crippen molar-refractivity contribution >= 4 is 5.97 Å². The van der Waals surface area contributed by atoms with Crippen molar-refractivity contribution in [2.75, 3.05) is 34.8 Å². The largest absolute Gasteiger partial charge is 0.481 e. The van der Waals surface area contributed by atoms with Gasteiger partial charge in [-0.2, -0.15) is 0 Å². The SMILES string of the molecule is CC(C)[C@@H]1O[C@H](CC(=O)O)C[C@H](N(C)C)[C@H]1O.CC(C)[C@@H]1O[C@H](CCO)C[C@H](N(C)C)[C@H]1O. The predicted octanol–water partition coefficient (Wildman–Crippen LogP) is 1.04. The van der Waals surface area contributed by atoms with Crippen molar-refractivity contribution in [1.29, 1.82) is 0 Å². The lowest BCUT2D eigenvalue weighted by Crippen LogP contribution is -2.55. The number of nitrogens with zero attached hydrogens (tertiary/aromatic N) is 2. The average Bonchev–Trinajstić information content (AvgIpc) is 2.69. The first-order valence-corrected chi connectivity index (χ1v) is 12.1. The molecule has 0 aliphatic carbocycles. The van der Waals surface area contributed by atoms with E-state index in [-0.39, 0.29) is 55.4 Å². The van der Waals surface area contributed by atoms with Crippen molar-refractivity contribution < 1.29 is 34.7 Å². The Morgan fingerprint density at radius 3 is 1.58 bits per heavy atom. The molecule has 0 aromatic heterocycles. The van der Waals surface area contributed by atoms with Crippen LogP contribution in [0.25, 0.3) is 0 Å². The molecule has 0 spiro atoms. The second kappa shape index (κ2) is 13.9. The molecule has 2 fully saturated rings. The molecule has 9 nitrogen and oxygen atoms in total. The van der Waals surface area contributed by atoms with Gasteiger partial charge in [-0.05, 0) is 59.3 Å². The van der Waals surface area contributed by atoms with Gasteiger partial charge in [-0.1, -0.05) is 27.7 Å². The number of hydrogen-bond donors (Lipinski definition) is 4. The standard InChI is InChI=1S/C12H23NO4.C12H25NO3/c1-7(2)12-11(16)9(13(3)4)5-8(17-12)6-10(14)15;1-8(2)12-11(15)10(13(3)4)7-9(16-12)5-6-14/h7-9,11-12,16H,5-6H2,1-4H3,(H,14,15);8-12,14-15H,5-7H2,1-4H3/t8-,9-,11+,12-;9-,10+,11-,12+/m01/s1. The molecule has 0 saturated carbocycles. The fourth-order valence-electron chi connectivity index (χ4n) is 4.76. The minimum absolute atomic E-state index is 0.000278. The molecule has 2 saturated heterocycles. The monoisotopic (exact) mass is 476 g/mol. The summed E-state index contributed by atoms with van der Waals surface area (Å²) in [5.74, 6) is -0.394. The van der Waals surface area contributed by atoms with Gasteiger partial charge in [-0.15, -0.1) is 0 Å². The number of likely N-dealkylation sites (N-methyl/N-ethyl adjacent to an activating group) is 2. The van der Waals surface area contributed by atoms with E-state index in [1.165, 1.54) is 0 Å². The van der Waals surface area contributed by atoms with Gasteiger partial charge >= 0.3 is 5.97 Å². The van der Waals surface area contributed by atoms with Crippen LogP contribution < -0.4 is 0 Å². The lowest BCUT2D eigenvalue weighted by molar-refractivity contribution is -0.172. The Balaban J connectivity index is 0.000000331. The number of aliphatic hydroxyl groups excluding tert-OH is 3. The highest BCUT2D eigenvalue weighted by molar-refractivity contribution is 5.67. The average molecular weight is 477 g/mol. The van der Waals surface area contributed by atoms with Crippen molar-refractivity contribution in [2.24, 2.45) is 11.8 Å². The number of aliphatic hydroxyl groups is 3. The van der Waals surface area contributed by atoms with Gasteiger partial charge in [0.2, 0.25) is 0 Å². The molecule has 2 aliphatic rings. The minimum atomic E-state index is -0.855. The zero-order valence-corrected chi connectivity index (χ0v) is 21.7. The fourth-order valence-corrected chi connectivity index (χ4v) is 4.76. The van der Waals surface area contributed by atoms with E-state index in [1.807, 2.05) is 51.8 Å². The zero-order chi connectivity index (χ0) is 25.5. The molecule has 0 aromatic carbocycles. The fraction of sp³-hybridized carbons (Fsp3) is 0.958. The summed E-state index contributed by atoms with van der Waals surface area (Å²) in [5, 5.41) is 38.2. The Hall–Kier alpha value is -0.810. The topological polar surface area (TPSA) is 123 Å². The number of hydrogen-bond acceptors (Lipinski definition) is 8. The van der Waals surface area contributed by atoms with Crippen LogP contribution in [0, 0.1) is 11.8 Å². The molecule has 2 heterocycles. The predicted molar refractivity (Wildman–Crippen MR) is 127 cm³/mol. The number of rotatable bonds is 8. The van der Waals surface area contributed by atoms with E-state index in [1.54, 1.807) is 0 Å². The Morgan fingerprint density at radius 1 is 0.848 bits per heavy atom. The molecule has 0 amide bonds. The van der Waals surface area contributed by atoms with Crippen LogP contribution in [0.1, 0.15) is 53.4 Å². The van der Waals surface area contributed by atoms with Crippen molar-refractivity contribution in [3.8, 4) is 0 Å². The van der Waals surface area contributed by atoms with Gasteiger partial charge in [0.05, 0.1) is 43.0 Å². The van der Waals surface area contributed by atoms with E-state index >= 15 is 0 Å². The van der Waals surface area contributed by atoms with Crippen LogP contribution in [0.5, 0.6) is 0 Å². The van der Waals surface area contributed by atoms with Crippen LogP contribution in [0.3, 0.4) is 0 Å². The number of carboxylic acid groups (broad SMARTS) is 1. The van der Waals surface area contributed by atoms with Crippen LogP contribution in [0.4, 0.5) is 0 Å². The van der Waals surface area contributed by atoms with E-state index in [0.717, 1.165) is 6.42 Å². The molecule has 4 N–H and O–H groups in total. The number of carboxylic acids is 1. The van der Waals surface area contributed by atoms with E-state index in [0.29, 0.717) is 18.8 Å². The molecule has 0 aromatic rings. The zero-order valence-electron chi connectivity index (χ0n) is 21.7. The molecule has 2 aliphatic heterocycles. The van der Waals surface area contributed by atoms with E-state index < -0.39 is 18.2 Å². The first-order chi connectivity index (χ1) is 15.3. The van der Waals surface area contributed by atoms with Crippen molar-refractivity contribution in [2.45, 2.75) is 102 Å². The molecule has 9 heteroatoms. The number of carbonyl (C=O) groups is 1. The van der Waals surface area contributed by atoms with Crippen molar-refractivity contribution in [3.05, 3.63) is 0 Å². The van der Waals surface area contributed by atoms with Gasteiger partial charge in [0, 0.05) is 18.7 Å². The third kappa shape index (κ3) is 9.05. The molecule has 0 radical (unpaired) electrons. The Morgan fingerprint density at radius 2 is 1.24 bits per heavy atom. The summed E-state index contributed by atoms with van der Waals surface area (Å²) >= 11 is 0.